The lowest BCUT2D eigenvalue weighted by Gasteiger charge is -2.27. The van der Waals surface area contributed by atoms with Crippen LogP contribution in [0.1, 0.15) is 32.3 Å². The number of aromatic hydroxyl groups is 1. The van der Waals surface area contributed by atoms with E-state index < -0.39 is 6.10 Å². The van der Waals surface area contributed by atoms with E-state index in [2.05, 4.69) is 20.1 Å². The minimum absolute atomic E-state index is 0.204. The van der Waals surface area contributed by atoms with Crippen molar-refractivity contribution < 1.29 is 10.2 Å². The lowest BCUT2D eigenvalue weighted by molar-refractivity contribution is 0.190. The molecule has 18 heavy (non-hydrogen) atoms. The number of aliphatic hydroxyl groups is 1. The SMILES string of the molecule is C=C[C@](C)(CCC(O)C(=C)C)c1ccc(O)cc1. The van der Waals surface area contributed by atoms with Crippen LogP contribution in [0.4, 0.5) is 0 Å². The number of hydrogen-bond acceptors (Lipinski definition) is 2. The molecule has 98 valence electrons. The van der Waals surface area contributed by atoms with Gasteiger partial charge in [0.1, 0.15) is 5.75 Å². The highest BCUT2D eigenvalue weighted by atomic mass is 16.3. The zero-order valence-corrected chi connectivity index (χ0v) is 11.2. The first-order chi connectivity index (χ1) is 8.39. The van der Waals surface area contributed by atoms with E-state index in [4.69, 9.17) is 0 Å². The predicted octanol–water partition coefficient (Wildman–Crippen LogP) is 3.55. The average Bonchev–Trinajstić information content (AvgIpc) is 2.36. The van der Waals surface area contributed by atoms with Gasteiger partial charge in [-0.05, 0) is 37.5 Å². The molecule has 0 radical (unpaired) electrons. The zero-order chi connectivity index (χ0) is 13.8. The first-order valence-electron chi connectivity index (χ1n) is 6.15. The van der Waals surface area contributed by atoms with Gasteiger partial charge in [0.05, 0.1) is 6.10 Å². The molecule has 0 aliphatic carbocycles. The fourth-order valence-corrected chi connectivity index (χ4v) is 1.89. The van der Waals surface area contributed by atoms with Gasteiger partial charge in [-0.1, -0.05) is 37.3 Å². The maximum absolute atomic E-state index is 9.80. The van der Waals surface area contributed by atoms with Crippen molar-refractivity contribution in [2.45, 2.75) is 38.2 Å². The summed E-state index contributed by atoms with van der Waals surface area (Å²) in [5, 5.41) is 19.1. The molecule has 0 saturated carbocycles. The minimum Gasteiger partial charge on any atom is -0.508 e. The monoisotopic (exact) mass is 246 g/mol. The number of allylic oxidation sites excluding steroid dienone is 1. The Balaban J connectivity index is 2.82. The maximum atomic E-state index is 9.80. The van der Waals surface area contributed by atoms with Gasteiger partial charge in [-0.25, -0.2) is 0 Å². The molecule has 0 bridgehead atoms. The Hall–Kier alpha value is -1.54. The van der Waals surface area contributed by atoms with E-state index in [1.165, 1.54) is 0 Å². The fraction of sp³-hybridized carbons (Fsp3) is 0.375. The Morgan fingerprint density at radius 3 is 2.39 bits per heavy atom. The molecule has 1 aromatic carbocycles. The molecule has 0 aliphatic heterocycles. The van der Waals surface area contributed by atoms with E-state index in [1.54, 1.807) is 12.1 Å². The maximum Gasteiger partial charge on any atom is 0.115 e. The van der Waals surface area contributed by atoms with Crippen LogP contribution in [0.15, 0.2) is 49.1 Å². The highest BCUT2D eigenvalue weighted by molar-refractivity contribution is 5.34. The van der Waals surface area contributed by atoms with Crippen LogP contribution in [0.3, 0.4) is 0 Å². The molecule has 0 fully saturated rings. The Morgan fingerprint density at radius 1 is 1.39 bits per heavy atom. The van der Waals surface area contributed by atoms with E-state index in [-0.39, 0.29) is 11.2 Å². The highest BCUT2D eigenvalue weighted by Crippen LogP contribution is 2.32. The van der Waals surface area contributed by atoms with E-state index in [0.717, 1.165) is 17.6 Å². The van der Waals surface area contributed by atoms with Crippen molar-refractivity contribution in [3.8, 4) is 5.75 Å². The highest BCUT2D eigenvalue weighted by Gasteiger charge is 2.24. The van der Waals surface area contributed by atoms with Gasteiger partial charge in [-0.15, -0.1) is 6.58 Å². The van der Waals surface area contributed by atoms with Gasteiger partial charge in [-0.2, -0.15) is 0 Å². The van der Waals surface area contributed by atoms with E-state index >= 15 is 0 Å². The van der Waals surface area contributed by atoms with Crippen LogP contribution in [-0.4, -0.2) is 16.3 Å². The van der Waals surface area contributed by atoms with Gasteiger partial charge in [0.2, 0.25) is 0 Å². The molecule has 0 saturated heterocycles. The van der Waals surface area contributed by atoms with Gasteiger partial charge < -0.3 is 10.2 Å². The van der Waals surface area contributed by atoms with Crippen LogP contribution in [0, 0.1) is 0 Å². The second kappa shape index (κ2) is 5.87. The Kier molecular flexibility index (Phi) is 4.74. The van der Waals surface area contributed by atoms with Crippen molar-refractivity contribution in [3.05, 3.63) is 54.6 Å². The summed E-state index contributed by atoms with van der Waals surface area (Å²) in [7, 11) is 0. The summed E-state index contributed by atoms with van der Waals surface area (Å²) in [6.07, 6.45) is 2.86. The van der Waals surface area contributed by atoms with Crippen molar-refractivity contribution in [1.29, 1.82) is 0 Å². The quantitative estimate of drug-likeness (QED) is 0.753. The fourth-order valence-electron chi connectivity index (χ4n) is 1.89. The average molecular weight is 246 g/mol. The van der Waals surface area contributed by atoms with Crippen LogP contribution in [0.2, 0.25) is 0 Å². The van der Waals surface area contributed by atoms with Crippen LogP contribution in [0.25, 0.3) is 0 Å². The van der Waals surface area contributed by atoms with E-state index in [9.17, 15) is 10.2 Å². The van der Waals surface area contributed by atoms with Gasteiger partial charge in [0, 0.05) is 5.41 Å². The van der Waals surface area contributed by atoms with E-state index in [1.807, 2.05) is 25.1 Å². The van der Waals surface area contributed by atoms with Gasteiger partial charge in [0.25, 0.3) is 0 Å². The summed E-state index contributed by atoms with van der Waals surface area (Å²) < 4.78 is 0. The summed E-state index contributed by atoms with van der Waals surface area (Å²) in [5.41, 5.74) is 1.67. The molecule has 2 atom stereocenters. The number of aliphatic hydroxyl groups excluding tert-OH is 1. The predicted molar refractivity (Wildman–Crippen MR) is 75.7 cm³/mol. The molecular weight excluding hydrogens is 224 g/mol. The summed E-state index contributed by atoms with van der Waals surface area (Å²) in [5.74, 6) is 0.257. The first-order valence-corrected chi connectivity index (χ1v) is 6.15. The number of benzene rings is 1. The molecule has 2 nitrogen and oxygen atoms in total. The zero-order valence-electron chi connectivity index (χ0n) is 11.2. The van der Waals surface area contributed by atoms with Gasteiger partial charge in [-0.3, -0.25) is 0 Å². The molecule has 0 spiro atoms. The first kappa shape index (κ1) is 14.5. The molecule has 1 aromatic rings. The Labute approximate surface area is 109 Å². The van der Waals surface area contributed by atoms with E-state index in [0.29, 0.717) is 6.42 Å². The normalized spacial score (nSPS) is 15.7. The second-order valence-electron chi connectivity index (χ2n) is 5.07. The van der Waals surface area contributed by atoms with Gasteiger partial charge >= 0.3 is 0 Å². The Bertz CT molecular complexity index is 419. The Morgan fingerprint density at radius 2 is 1.94 bits per heavy atom. The largest absolute Gasteiger partial charge is 0.508 e. The summed E-state index contributed by atoms with van der Waals surface area (Å²) in [6, 6.07) is 7.13. The van der Waals surface area contributed by atoms with Crippen LogP contribution in [-0.2, 0) is 5.41 Å². The number of phenols is 1. The third-order valence-electron chi connectivity index (χ3n) is 3.48. The molecular formula is C16H22O2. The molecule has 2 heteroatoms. The van der Waals surface area contributed by atoms with Crippen molar-refractivity contribution in [2.24, 2.45) is 0 Å². The van der Waals surface area contributed by atoms with Crippen molar-refractivity contribution in [1.82, 2.24) is 0 Å². The molecule has 2 N–H and O–H groups in total. The topological polar surface area (TPSA) is 40.5 Å². The number of hydrogen-bond donors (Lipinski definition) is 2. The van der Waals surface area contributed by atoms with Crippen molar-refractivity contribution in [3.63, 3.8) is 0 Å². The third kappa shape index (κ3) is 3.47. The second-order valence-corrected chi connectivity index (χ2v) is 5.07. The smallest absolute Gasteiger partial charge is 0.115 e. The minimum atomic E-state index is -0.471. The molecule has 0 amide bonds. The molecule has 0 aliphatic rings. The molecule has 1 rings (SSSR count). The third-order valence-corrected chi connectivity index (χ3v) is 3.48. The van der Waals surface area contributed by atoms with Crippen LogP contribution < -0.4 is 0 Å². The number of phenolic OH excluding ortho intramolecular Hbond substituents is 1. The van der Waals surface area contributed by atoms with Crippen LogP contribution >= 0.6 is 0 Å². The number of rotatable bonds is 6. The summed E-state index contributed by atoms with van der Waals surface area (Å²) in [4.78, 5) is 0. The summed E-state index contributed by atoms with van der Waals surface area (Å²) in [6.45, 7) is 11.6. The lowest BCUT2D eigenvalue weighted by atomic mass is 9.77. The molecule has 1 unspecified atom stereocenters. The van der Waals surface area contributed by atoms with Crippen molar-refractivity contribution in [2.75, 3.05) is 0 Å². The lowest BCUT2D eigenvalue weighted by Crippen LogP contribution is -2.21. The van der Waals surface area contributed by atoms with Gasteiger partial charge in [0.15, 0.2) is 0 Å². The standard InChI is InChI=1S/C16H22O2/c1-5-16(4,11-10-15(18)12(2)3)13-6-8-14(17)9-7-13/h5-9,15,17-18H,1-2,10-11H2,3-4H3/t15?,16-/m1/s1. The molecule has 0 heterocycles. The summed E-state index contributed by atoms with van der Waals surface area (Å²) >= 11 is 0. The van der Waals surface area contributed by atoms with Crippen molar-refractivity contribution >= 4 is 0 Å². The van der Waals surface area contributed by atoms with Crippen LogP contribution in [0.5, 0.6) is 5.75 Å². The molecule has 0 aromatic heterocycles.